The van der Waals surface area contributed by atoms with E-state index in [-0.39, 0.29) is 24.4 Å². The minimum atomic E-state index is -0.228. The molecule has 5 heteroatoms. The lowest BCUT2D eigenvalue weighted by Gasteiger charge is -2.14. The number of hydrogen-bond acceptors (Lipinski definition) is 3. The fourth-order valence-electron chi connectivity index (χ4n) is 2.53. The Kier molecular flexibility index (Phi) is 5.55. The molecule has 23 heavy (non-hydrogen) atoms. The van der Waals surface area contributed by atoms with Crippen LogP contribution in [0.15, 0.2) is 30.3 Å². The summed E-state index contributed by atoms with van der Waals surface area (Å²) in [5.74, 6) is -0.420. The zero-order valence-corrected chi connectivity index (χ0v) is 14.7. The van der Waals surface area contributed by atoms with Crippen molar-refractivity contribution in [2.24, 2.45) is 0 Å². The van der Waals surface area contributed by atoms with E-state index in [0.29, 0.717) is 5.56 Å². The molecule has 0 aliphatic carbocycles. The SMILES string of the molecule is Cc1cc(C(C)NC(=O)CNC(=O)c2ccccc2C)c(C)s1. The minimum absolute atomic E-state index is 0.0281. The van der Waals surface area contributed by atoms with E-state index in [1.54, 1.807) is 17.4 Å². The standard InChI is InChI=1S/C18H22N2O2S/c1-11-7-5-6-8-15(11)18(22)19-10-17(21)20-13(3)16-9-12(2)23-14(16)4/h5-9,13H,10H2,1-4H3,(H,19,22)(H,20,21). The van der Waals surface area contributed by atoms with Gasteiger partial charge in [0.05, 0.1) is 12.6 Å². The number of rotatable bonds is 5. The van der Waals surface area contributed by atoms with E-state index < -0.39 is 0 Å². The number of amides is 2. The highest BCUT2D eigenvalue weighted by Gasteiger charge is 2.15. The first-order valence-electron chi connectivity index (χ1n) is 7.58. The summed E-state index contributed by atoms with van der Waals surface area (Å²) in [5.41, 5.74) is 2.62. The zero-order chi connectivity index (χ0) is 17.0. The van der Waals surface area contributed by atoms with Crippen LogP contribution in [-0.4, -0.2) is 18.4 Å². The first-order valence-corrected chi connectivity index (χ1v) is 8.40. The fourth-order valence-corrected chi connectivity index (χ4v) is 3.56. The summed E-state index contributed by atoms with van der Waals surface area (Å²) in [6.07, 6.45) is 0. The molecule has 2 N–H and O–H groups in total. The molecule has 0 radical (unpaired) electrons. The molecule has 0 saturated carbocycles. The van der Waals surface area contributed by atoms with Gasteiger partial charge >= 0.3 is 0 Å². The van der Waals surface area contributed by atoms with Gasteiger partial charge in [0.2, 0.25) is 5.91 Å². The Balaban J connectivity index is 1.89. The molecule has 2 amide bonds. The first kappa shape index (κ1) is 17.2. The van der Waals surface area contributed by atoms with Crippen LogP contribution in [0.5, 0.6) is 0 Å². The van der Waals surface area contributed by atoms with E-state index in [2.05, 4.69) is 30.5 Å². The van der Waals surface area contributed by atoms with Gasteiger partial charge in [-0.2, -0.15) is 0 Å². The molecule has 1 unspecified atom stereocenters. The van der Waals surface area contributed by atoms with Crippen LogP contribution in [-0.2, 0) is 4.79 Å². The predicted molar refractivity (Wildman–Crippen MR) is 93.9 cm³/mol. The highest BCUT2D eigenvalue weighted by atomic mass is 32.1. The smallest absolute Gasteiger partial charge is 0.251 e. The number of hydrogen-bond donors (Lipinski definition) is 2. The summed E-state index contributed by atoms with van der Waals surface area (Å²) in [6.45, 7) is 7.90. The molecular weight excluding hydrogens is 308 g/mol. The van der Waals surface area contributed by atoms with Crippen molar-refractivity contribution >= 4 is 23.2 Å². The molecule has 0 aliphatic rings. The lowest BCUT2D eigenvalue weighted by atomic mass is 10.1. The quantitative estimate of drug-likeness (QED) is 0.884. The van der Waals surface area contributed by atoms with E-state index in [1.807, 2.05) is 32.0 Å². The van der Waals surface area contributed by atoms with Crippen molar-refractivity contribution in [3.8, 4) is 0 Å². The van der Waals surface area contributed by atoms with Crippen molar-refractivity contribution in [3.63, 3.8) is 0 Å². The van der Waals surface area contributed by atoms with Gasteiger partial charge in [-0.25, -0.2) is 0 Å². The molecule has 0 aliphatic heterocycles. The van der Waals surface area contributed by atoms with Crippen molar-refractivity contribution in [3.05, 3.63) is 56.8 Å². The normalized spacial score (nSPS) is 11.8. The zero-order valence-electron chi connectivity index (χ0n) is 13.9. The Labute approximate surface area is 140 Å². The molecule has 2 aromatic rings. The Morgan fingerprint density at radius 3 is 2.48 bits per heavy atom. The maximum atomic E-state index is 12.1. The van der Waals surface area contributed by atoms with E-state index in [1.165, 1.54) is 9.75 Å². The van der Waals surface area contributed by atoms with Gasteiger partial charge in [-0.3, -0.25) is 9.59 Å². The van der Waals surface area contributed by atoms with Gasteiger partial charge in [0.15, 0.2) is 0 Å². The van der Waals surface area contributed by atoms with Crippen LogP contribution in [0.4, 0.5) is 0 Å². The van der Waals surface area contributed by atoms with Gasteiger partial charge in [0.25, 0.3) is 5.91 Å². The van der Waals surface area contributed by atoms with Gasteiger partial charge in [-0.05, 0) is 51.0 Å². The van der Waals surface area contributed by atoms with E-state index in [0.717, 1.165) is 11.1 Å². The Morgan fingerprint density at radius 2 is 1.87 bits per heavy atom. The van der Waals surface area contributed by atoms with Crippen molar-refractivity contribution in [1.82, 2.24) is 10.6 Å². The van der Waals surface area contributed by atoms with Crippen molar-refractivity contribution in [2.45, 2.75) is 33.7 Å². The molecule has 0 spiro atoms. The van der Waals surface area contributed by atoms with Crippen LogP contribution in [0.2, 0.25) is 0 Å². The highest BCUT2D eigenvalue weighted by Crippen LogP contribution is 2.25. The molecular formula is C18H22N2O2S. The predicted octanol–water partition coefficient (Wildman–Crippen LogP) is 3.28. The van der Waals surface area contributed by atoms with Gasteiger partial charge in [-0.1, -0.05) is 18.2 Å². The van der Waals surface area contributed by atoms with Crippen LogP contribution < -0.4 is 10.6 Å². The van der Waals surface area contributed by atoms with E-state index in [9.17, 15) is 9.59 Å². The van der Waals surface area contributed by atoms with Crippen molar-refractivity contribution < 1.29 is 9.59 Å². The number of carbonyl (C=O) groups excluding carboxylic acids is 2. The Hall–Kier alpha value is -2.14. The molecule has 1 atom stereocenters. The maximum absolute atomic E-state index is 12.1. The van der Waals surface area contributed by atoms with Crippen molar-refractivity contribution in [1.29, 1.82) is 0 Å². The Bertz CT molecular complexity index is 722. The monoisotopic (exact) mass is 330 g/mol. The summed E-state index contributed by atoms with van der Waals surface area (Å²) < 4.78 is 0. The van der Waals surface area contributed by atoms with E-state index >= 15 is 0 Å². The topological polar surface area (TPSA) is 58.2 Å². The molecule has 0 saturated heterocycles. The third kappa shape index (κ3) is 4.42. The van der Waals surface area contributed by atoms with Gasteiger partial charge < -0.3 is 10.6 Å². The lowest BCUT2D eigenvalue weighted by molar-refractivity contribution is -0.120. The first-order chi connectivity index (χ1) is 10.9. The number of nitrogens with one attached hydrogen (secondary N) is 2. The highest BCUT2D eigenvalue weighted by molar-refractivity contribution is 7.12. The largest absolute Gasteiger partial charge is 0.348 e. The van der Waals surface area contributed by atoms with Gasteiger partial charge in [0.1, 0.15) is 0 Å². The average Bonchev–Trinajstić information content (AvgIpc) is 2.84. The summed E-state index contributed by atoms with van der Waals surface area (Å²) in [5, 5.41) is 5.59. The second-order valence-electron chi connectivity index (χ2n) is 5.66. The summed E-state index contributed by atoms with van der Waals surface area (Å²) >= 11 is 1.72. The van der Waals surface area contributed by atoms with Crippen LogP contribution in [0.25, 0.3) is 0 Å². The van der Waals surface area contributed by atoms with Gasteiger partial charge in [-0.15, -0.1) is 11.3 Å². The average molecular weight is 330 g/mol. The maximum Gasteiger partial charge on any atom is 0.251 e. The van der Waals surface area contributed by atoms with Gasteiger partial charge in [0, 0.05) is 15.3 Å². The lowest BCUT2D eigenvalue weighted by Crippen LogP contribution is -2.38. The van der Waals surface area contributed by atoms with Crippen LogP contribution in [0.1, 0.15) is 44.2 Å². The summed E-state index contributed by atoms with van der Waals surface area (Å²) in [7, 11) is 0. The van der Waals surface area contributed by atoms with E-state index in [4.69, 9.17) is 0 Å². The van der Waals surface area contributed by atoms with Crippen LogP contribution in [0, 0.1) is 20.8 Å². The molecule has 0 fully saturated rings. The number of aryl methyl sites for hydroxylation is 3. The molecule has 1 aromatic carbocycles. The molecule has 1 aromatic heterocycles. The van der Waals surface area contributed by atoms with Crippen LogP contribution >= 0.6 is 11.3 Å². The number of carbonyl (C=O) groups is 2. The molecule has 1 heterocycles. The molecule has 4 nitrogen and oxygen atoms in total. The summed E-state index contributed by atoms with van der Waals surface area (Å²) in [6, 6.07) is 9.35. The third-order valence-corrected chi connectivity index (χ3v) is 4.70. The minimum Gasteiger partial charge on any atom is -0.348 e. The second-order valence-corrected chi connectivity index (χ2v) is 7.12. The summed E-state index contributed by atoms with van der Waals surface area (Å²) in [4.78, 5) is 26.6. The molecule has 122 valence electrons. The molecule has 0 bridgehead atoms. The number of thiophene rings is 1. The fraction of sp³-hybridized carbons (Fsp3) is 0.333. The second kappa shape index (κ2) is 7.42. The van der Waals surface area contributed by atoms with Crippen LogP contribution in [0.3, 0.4) is 0 Å². The Morgan fingerprint density at radius 1 is 1.17 bits per heavy atom. The number of benzene rings is 1. The third-order valence-electron chi connectivity index (χ3n) is 3.72. The molecule has 2 rings (SSSR count). The van der Waals surface area contributed by atoms with Crippen molar-refractivity contribution in [2.75, 3.05) is 6.54 Å².